The van der Waals surface area contributed by atoms with Gasteiger partial charge in [-0.1, -0.05) is 49.2 Å². The average Bonchev–Trinajstić information content (AvgIpc) is 3.03. The number of thiophene rings is 1. The Balaban J connectivity index is 1.73. The number of nitrogens with one attached hydrogen (secondary N) is 1. The maximum Gasteiger partial charge on any atom is 0.0388 e. The highest BCUT2D eigenvalue weighted by Crippen LogP contribution is 2.34. The molecule has 1 N–H and O–H groups in total. The molecule has 3 atom stereocenters. The van der Waals surface area contributed by atoms with Crippen molar-refractivity contribution in [3.8, 4) is 0 Å². The Bertz CT molecular complexity index is 505. The molecule has 1 aliphatic carbocycles. The van der Waals surface area contributed by atoms with Crippen molar-refractivity contribution in [1.82, 2.24) is 5.32 Å². The SMILES string of the molecule is CC(NC1CCCCC1c1ccccc1)c1cccs1. The van der Waals surface area contributed by atoms with Gasteiger partial charge in [-0.25, -0.2) is 0 Å². The number of hydrogen-bond acceptors (Lipinski definition) is 2. The lowest BCUT2D eigenvalue weighted by molar-refractivity contribution is 0.307. The summed E-state index contributed by atoms with van der Waals surface area (Å²) >= 11 is 1.85. The van der Waals surface area contributed by atoms with Gasteiger partial charge in [-0.3, -0.25) is 0 Å². The minimum atomic E-state index is 0.462. The first-order chi connectivity index (χ1) is 9.84. The molecule has 0 aliphatic heterocycles. The fourth-order valence-corrected chi connectivity index (χ4v) is 4.11. The van der Waals surface area contributed by atoms with E-state index < -0.39 is 0 Å². The van der Waals surface area contributed by atoms with E-state index in [2.05, 4.69) is 60.1 Å². The molecule has 0 bridgehead atoms. The van der Waals surface area contributed by atoms with E-state index in [4.69, 9.17) is 0 Å². The summed E-state index contributed by atoms with van der Waals surface area (Å²) in [6.45, 7) is 2.29. The third-order valence-corrected chi connectivity index (χ3v) is 5.48. The zero-order chi connectivity index (χ0) is 13.8. The molecule has 3 unspecified atom stereocenters. The Hall–Kier alpha value is -1.12. The van der Waals surface area contributed by atoms with E-state index in [-0.39, 0.29) is 0 Å². The normalized spacial score (nSPS) is 24.4. The Morgan fingerprint density at radius 3 is 2.60 bits per heavy atom. The van der Waals surface area contributed by atoms with Crippen LogP contribution in [0.5, 0.6) is 0 Å². The van der Waals surface area contributed by atoms with Crippen LogP contribution in [0, 0.1) is 0 Å². The van der Waals surface area contributed by atoms with Crippen LogP contribution in [0.2, 0.25) is 0 Å². The van der Waals surface area contributed by atoms with Crippen molar-refractivity contribution in [3.05, 3.63) is 58.3 Å². The fourth-order valence-electron chi connectivity index (χ4n) is 3.37. The summed E-state index contributed by atoms with van der Waals surface area (Å²) in [6, 6.07) is 16.5. The lowest BCUT2D eigenvalue weighted by Crippen LogP contribution is -2.38. The Morgan fingerprint density at radius 2 is 1.85 bits per heavy atom. The van der Waals surface area contributed by atoms with Crippen molar-refractivity contribution in [1.29, 1.82) is 0 Å². The number of benzene rings is 1. The molecule has 1 aromatic carbocycles. The standard InChI is InChI=1S/C18H23NS/c1-14(18-12-7-13-20-18)19-17-11-6-5-10-16(17)15-8-3-2-4-9-15/h2-4,7-9,12-14,16-17,19H,5-6,10-11H2,1H3. The van der Waals surface area contributed by atoms with Crippen LogP contribution in [0.4, 0.5) is 0 Å². The fraction of sp³-hybridized carbons (Fsp3) is 0.444. The minimum Gasteiger partial charge on any atom is -0.306 e. The maximum atomic E-state index is 3.88. The van der Waals surface area contributed by atoms with Gasteiger partial charge in [-0.05, 0) is 42.7 Å². The van der Waals surface area contributed by atoms with E-state index in [0.717, 1.165) is 0 Å². The summed E-state index contributed by atoms with van der Waals surface area (Å²) in [7, 11) is 0. The van der Waals surface area contributed by atoms with Gasteiger partial charge in [-0.2, -0.15) is 0 Å². The number of hydrogen-bond donors (Lipinski definition) is 1. The zero-order valence-electron chi connectivity index (χ0n) is 12.1. The first-order valence-corrected chi connectivity index (χ1v) is 8.57. The largest absolute Gasteiger partial charge is 0.306 e. The third kappa shape index (κ3) is 3.13. The highest BCUT2D eigenvalue weighted by Gasteiger charge is 2.27. The van der Waals surface area contributed by atoms with Crippen LogP contribution in [-0.2, 0) is 0 Å². The Kier molecular flexibility index (Phi) is 4.54. The van der Waals surface area contributed by atoms with Crippen LogP contribution in [0.3, 0.4) is 0 Å². The summed E-state index contributed by atoms with van der Waals surface area (Å²) in [5.41, 5.74) is 1.50. The second-order valence-corrected chi connectivity index (χ2v) is 6.79. The van der Waals surface area contributed by atoms with Crippen molar-refractivity contribution in [2.45, 2.75) is 50.6 Å². The second kappa shape index (κ2) is 6.55. The number of rotatable bonds is 4. The summed E-state index contributed by atoms with van der Waals surface area (Å²) in [4.78, 5) is 1.45. The molecule has 1 nitrogen and oxygen atoms in total. The molecule has 3 rings (SSSR count). The average molecular weight is 285 g/mol. The Labute approximate surface area is 126 Å². The van der Waals surface area contributed by atoms with Crippen molar-refractivity contribution in [3.63, 3.8) is 0 Å². The summed E-state index contributed by atoms with van der Waals surface area (Å²) in [5, 5.41) is 6.05. The zero-order valence-corrected chi connectivity index (χ0v) is 12.9. The van der Waals surface area contributed by atoms with Crippen molar-refractivity contribution in [2.24, 2.45) is 0 Å². The summed E-state index contributed by atoms with van der Waals surface area (Å²) < 4.78 is 0. The monoisotopic (exact) mass is 285 g/mol. The molecule has 106 valence electrons. The van der Waals surface area contributed by atoms with Gasteiger partial charge in [0.05, 0.1) is 0 Å². The van der Waals surface area contributed by atoms with E-state index in [0.29, 0.717) is 18.0 Å². The van der Waals surface area contributed by atoms with Crippen LogP contribution >= 0.6 is 11.3 Å². The molecule has 2 heteroatoms. The molecule has 1 aromatic heterocycles. The van der Waals surface area contributed by atoms with E-state index in [1.54, 1.807) is 0 Å². The molecule has 0 radical (unpaired) electrons. The molecule has 20 heavy (non-hydrogen) atoms. The molecule has 0 spiro atoms. The van der Waals surface area contributed by atoms with Crippen LogP contribution in [0.1, 0.15) is 55.0 Å². The highest BCUT2D eigenvalue weighted by molar-refractivity contribution is 7.10. The van der Waals surface area contributed by atoms with E-state index in [9.17, 15) is 0 Å². The highest BCUT2D eigenvalue weighted by atomic mass is 32.1. The molecule has 1 fully saturated rings. The lowest BCUT2D eigenvalue weighted by atomic mass is 9.79. The molecule has 1 saturated carbocycles. The van der Waals surface area contributed by atoms with Gasteiger partial charge in [0.25, 0.3) is 0 Å². The maximum absolute atomic E-state index is 3.88. The van der Waals surface area contributed by atoms with Gasteiger partial charge < -0.3 is 5.32 Å². The van der Waals surface area contributed by atoms with Crippen LogP contribution in [0.15, 0.2) is 47.8 Å². The quantitative estimate of drug-likeness (QED) is 0.821. The van der Waals surface area contributed by atoms with Gasteiger partial charge in [-0.15, -0.1) is 11.3 Å². The molecule has 0 amide bonds. The Morgan fingerprint density at radius 1 is 1.05 bits per heavy atom. The van der Waals surface area contributed by atoms with Crippen LogP contribution in [0.25, 0.3) is 0 Å². The summed E-state index contributed by atoms with van der Waals surface area (Å²) in [6.07, 6.45) is 5.34. The molecule has 1 aliphatic rings. The van der Waals surface area contributed by atoms with Crippen molar-refractivity contribution in [2.75, 3.05) is 0 Å². The first kappa shape index (κ1) is 13.8. The van der Waals surface area contributed by atoms with Crippen molar-refractivity contribution < 1.29 is 0 Å². The van der Waals surface area contributed by atoms with Gasteiger partial charge in [0.1, 0.15) is 0 Å². The minimum absolute atomic E-state index is 0.462. The molecular weight excluding hydrogens is 262 g/mol. The molecular formula is C18H23NS. The smallest absolute Gasteiger partial charge is 0.0388 e. The van der Waals surface area contributed by atoms with E-state index >= 15 is 0 Å². The second-order valence-electron chi connectivity index (χ2n) is 5.81. The third-order valence-electron chi connectivity index (χ3n) is 4.43. The lowest BCUT2D eigenvalue weighted by Gasteiger charge is -2.34. The molecule has 2 aromatic rings. The predicted molar refractivity (Wildman–Crippen MR) is 87.3 cm³/mol. The van der Waals surface area contributed by atoms with Gasteiger partial charge >= 0.3 is 0 Å². The van der Waals surface area contributed by atoms with Crippen LogP contribution in [-0.4, -0.2) is 6.04 Å². The topological polar surface area (TPSA) is 12.0 Å². The molecule has 0 saturated heterocycles. The summed E-state index contributed by atoms with van der Waals surface area (Å²) in [5.74, 6) is 0.673. The van der Waals surface area contributed by atoms with Gasteiger partial charge in [0.15, 0.2) is 0 Å². The predicted octanol–water partition coefficient (Wildman–Crippen LogP) is 5.13. The van der Waals surface area contributed by atoms with Crippen LogP contribution < -0.4 is 5.32 Å². The first-order valence-electron chi connectivity index (χ1n) is 7.69. The molecule has 1 heterocycles. The van der Waals surface area contributed by atoms with Gasteiger partial charge in [0, 0.05) is 17.0 Å². The van der Waals surface area contributed by atoms with Gasteiger partial charge in [0.2, 0.25) is 0 Å². The van der Waals surface area contributed by atoms with Crippen molar-refractivity contribution >= 4 is 11.3 Å². The van der Waals surface area contributed by atoms with E-state index in [1.165, 1.54) is 36.1 Å². The van der Waals surface area contributed by atoms with E-state index in [1.807, 2.05) is 11.3 Å².